The fraction of sp³-hybridized carbons (Fsp3) is 0.235. The van der Waals surface area contributed by atoms with Gasteiger partial charge in [-0.25, -0.2) is 4.39 Å². The number of anilines is 1. The van der Waals surface area contributed by atoms with Crippen LogP contribution < -0.4 is 10.2 Å². The molecule has 0 aliphatic carbocycles. The van der Waals surface area contributed by atoms with Gasteiger partial charge in [-0.3, -0.25) is 10.1 Å². The van der Waals surface area contributed by atoms with Gasteiger partial charge in [0.25, 0.3) is 5.91 Å². The van der Waals surface area contributed by atoms with E-state index in [0.29, 0.717) is 0 Å². The quantitative estimate of drug-likeness (QED) is 0.749. The zero-order valence-electron chi connectivity index (χ0n) is 12.5. The van der Waals surface area contributed by atoms with E-state index in [-0.39, 0.29) is 22.4 Å². The van der Waals surface area contributed by atoms with Crippen LogP contribution in [-0.4, -0.2) is 19.1 Å². The summed E-state index contributed by atoms with van der Waals surface area (Å²) in [6.07, 6.45) is -4.57. The van der Waals surface area contributed by atoms with E-state index in [1.54, 1.807) is 6.07 Å². The van der Waals surface area contributed by atoms with Crippen molar-refractivity contribution >= 4 is 11.6 Å². The molecule has 0 fully saturated rings. The minimum atomic E-state index is -4.57. The summed E-state index contributed by atoms with van der Waals surface area (Å²) >= 11 is 0. The fourth-order valence-electron chi connectivity index (χ4n) is 3.75. The zero-order valence-corrected chi connectivity index (χ0v) is 12.5. The number of carbonyl (C=O) groups is 1. The number of likely N-dealkylation sites (N-methyl/N-ethyl adjacent to an activating group) is 1. The SMILES string of the molecule is CN1C(=O)C2(NC(C(F)(F)F)c3ccccc32)c2cccc(F)c21. The van der Waals surface area contributed by atoms with Crippen molar-refractivity contribution in [3.63, 3.8) is 0 Å². The Bertz CT molecular complexity index is 864. The van der Waals surface area contributed by atoms with Crippen LogP contribution in [0.15, 0.2) is 42.5 Å². The number of benzene rings is 2. The van der Waals surface area contributed by atoms with Gasteiger partial charge in [-0.1, -0.05) is 36.4 Å². The molecule has 2 heterocycles. The number of rotatable bonds is 0. The van der Waals surface area contributed by atoms with Crippen LogP contribution in [0.2, 0.25) is 0 Å². The van der Waals surface area contributed by atoms with Crippen LogP contribution in [-0.2, 0) is 10.3 Å². The van der Waals surface area contributed by atoms with E-state index in [2.05, 4.69) is 5.32 Å². The number of nitrogens with one attached hydrogen (secondary N) is 1. The highest BCUT2D eigenvalue weighted by Crippen LogP contribution is 2.53. The van der Waals surface area contributed by atoms with Crippen molar-refractivity contribution in [2.45, 2.75) is 17.8 Å². The maximum absolute atomic E-state index is 14.2. The van der Waals surface area contributed by atoms with Crippen molar-refractivity contribution < 1.29 is 22.4 Å². The lowest BCUT2D eigenvalue weighted by atomic mass is 9.84. The number of hydrogen-bond acceptors (Lipinski definition) is 2. The first-order valence-corrected chi connectivity index (χ1v) is 7.29. The molecule has 0 bridgehead atoms. The third-order valence-corrected chi connectivity index (χ3v) is 4.72. The first-order valence-electron chi connectivity index (χ1n) is 7.29. The van der Waals surface area contributed by atoms with Crippen molar-refractivity contribution in [3.05, 3.63) is 65.0 Å². The van der Waals surface area contributed by atoms with Gasteiger partial charge < -0.3 is 4.90 Å². The minimum absolute atomic E-state index is 0.00706. The summed E-state index contributed by atoms with van der Waals surface area (Å²) in [6.45, 7) is 0. The normalized spacial score (nSPS) is 25.3. The van der Waals surface area contributed by atoms with Gasteiger partial charge in [0.1, 0.15) is 11.9 Å². The average Bonchev–Trinajstić information content (AvgIpc) is 2.99. The van der Waals surface area contributed by atoms with Crippen LogP contribution in [0.1, 0.15) is 22.7 Å². The molecule has 2 aliphatic rings. The van der Waals surface area contributed by atoms with Gasteiger partial charge in [0.15, 0.2) is 5.54 Å². The zero-order chi connectivity index (χ0) is 17.3. The Hall–Kier alpha value is -2.41. The monoisotopic (exact) mass is 336 g/mol. The van der Waals surface area contributed by atoms with Crippen LogP contribution in [0.25, 0.3) is 0 Å². The van der Waals surface area contributed by atoms with Crippen molar-refractivity contribution in [3.8, 4) is 0 Å². The topological polar surface area (TPSA) is 32.3 Å². The van der Waals surface area contributed by atoms with Gasteiger partial charge >= 0.3 is 6.18 Å². The second-order valence-electron chi connectivity index (χ2n) is 5.96. The molecule has 2 aliphatic heterocycles. The van der Waals surface area contributed by atoms with Gasteiger partial charge in [0, 0.05) is 12.6 Å². The molecule has 124 valence electrons. The molecule has 1 amide bonds. The molecule has 2 unspecified atom stereocenters. The summed E-state index contributed by atoms with van der Waals surface area (Å²) in [5, 5.41) is 2.45. The number of para-hydroxylation sites is 1. The number of alkyl halides is 3. The third-order valence-electron chi connectivity index (χ3n) is 4.72. The largest absolute Gasteiger partial charge is 0.407 e. The first-order chi connectivity index (χ1) is 11.3. The minimum Gasteiger partial charge on any atom is -0.310 e. The third kappa shape index (κ3) is 1.67. The molecule has 0 radical (unpaired) electrons. The van der Waals surface area contributed by atoms with Gasteiger partial charge in [0.05, 0.1) is 5.69 Å². The highest BCUT2D eigenvalue weighted by Gasteiger charge is 2.61. The molecule has 3 nitrogen and oxygen atoms in total. The van der Waals surface area contributed by atoms with E-state index >= 15 is 0 Å². The van der Waals surface area contributed by atoms with E-state index in [1.807, 2.05) is 0 Å². The Morgan fingerprint density at radius 2 is 1.75 bits per heavy atom. The highest BCUT2D eigenvalue weighted by molar-refractivity contribution is 6.10. The predicted octanol–water partition coefficient (Wildman–Crippen LogP) is 3.25. The standard InChI is InChI=1S/C17H12F4N2O/c1-23-13-11(7-4-8-12(13)18)16(15(23)24)10-6-3-2-5-9(10)14(22-16)17(19,20)21/h2-8,14,22H,1H3. The van der Waals surface area contributed by atoms with Crippen LogP contribution in [0.5, 0.6) is 0 Å². The summed E-state index contributed by atoms with van der Waals surface area (Å²) in [5.74, 6) is -1.27. The summed E-state index contributed by atoms with van der Waals surface area (Å²) in [5.41, 5.74) is -1.30. The van der Waals surface area contributed by atoms with Gasteiger partial charge in [-0.2, -0.15) is 13.2 Å². The van der Waals surface area contributed by atoms with Crippen LogP contribution in [0.4, 0.5) is 23.2 Å². The molecule has 0 saturated carbocycles. The summed E-state index contributed by atoms with van der Waals surface area (Å²) in [7, 11) is 1.37. The Kier molecular flexibility index (Phi) is 2.88. The van der Waals surface area contributed by atoms with E-state index in [0.717, 1.165) is 4.90 Å². The van der Waals surface area contributed by atoms with Crippen LogP contribution in [0.3, 0.4) is 0 Å². The lowest BCUT2D eigenvalue weighted by Crippen LogP contribution is -2.49. The molecule has 0 saturated heterocycles. The second-order valence-corrected chi connectivity index (χ2v) is 5.96. The molecule has 4 rings (SSSR count). The van der Waals surface area contributed by atoms with Crippen molar-refractivity contribution in [2.75, 3.05) is 11.9 Å². The van der Waals surface area contributed by atoms with E-state index in [4.69, 9.17) is 0 Å². The number of amides is 1. The highest BCUT2D eigenvalue weighted by atomic mass is 19.4. The number of hydrogen-bond donors (Lipinski definition) is 1. The fourth-order valence-corrected chi connectivity index (χ4v) is 3.75. The van der Waals surface area contributed by atoms with E-state index in [1.165, 1.54) is 43.4 Å². The van der Waals surface area contributed by atoms with E-state index < -0.39 is 29.5 Å². The molecular weight excluding hydrogens is 324 g/mol. The number of fused-ring (bicyclic) bond motifs is 4. The molecule has 1 N–H and O–H groups in total. The Morgan fingerprint density at radius 3 is 2.46 bits per heavy atom. The number of halogens is 4. The number of carbonyl (C=O) groups excluding carboxylic acids is 1. The molecule has 7 heteroatoms. The first kappa shape index (κ1) is 15.1. The van der Waals surface area contributed by atoms with Crippen molar-refractivity contribution in [2.24, 2.45) is 0 Å². The van der Waals surface area contributed by atoms with Crippen LogP contribution >= 0.6 is 0 Å². The second kappa shape index (κ2) is 4.57. The molecule has 2 aromatic rings. The Balaban J connectivity index is 2.04. The van der Waals surface area contributed by atoms with Gasteiger partial charge in [0.2, 0.25) is 0 Å². The smallest absolute Gasteiger partial charge is 0.310 e. The molecule has 24 heavy (non-hydrogen) atoms. The predicted molar refractivity (Wildman–Crippen MR) is 79.0 cm³/mol. The summed E-state index contributed by atoms with van der Waals surface area (Å²) < 4.78 is 54.7. The van der Waals surface area contributed by atoms with Gasteiger partial charge in [-0.05, 0) is 17.2 Å². The average molecular weight is 336 g/mol. The lowest BCUT2D eigenvalue weighted by molar-refractivity contribution is -0.159. The number of nitrogens with zero attached hydrogens (tertiary/aromatic N) is 1. The van der Waals surface area contributed by atoms with E-state index in [9.17, 15) is 22.4 Å². The lowest BCUT2D eigenvalue weighted by Gasteiger charge is -2.26. The van der Waals surface area contributed by atoms with Gasteiger partial charge in [-0.15, -0.1) is 0 Å². The Morgan fingerprint density at radius 1 is 1.08 bits per heavy atom. The molecule has 2 aromatic carbocycles. The molecule has 1 spiro atoms. The molecule has 0 aromatic heterocycles. The maximum atomic E-state index is 14.2. The molecular formula is C17H12F4N2O. The Labute approximate surface area is 134 Å². The summed E-state index contributed by atoms with van der Waals surface area (Å²) in [6, 6.07) is 7.99. The molecule has 2 atom stereocenters. The van der Waals surface area contributed by atoms with Crippen LogP contribution in [0, 0.1) is 5.82 Å². The van der Waals surface area contributed by atoms with Crippen molar-refractivity contribution in [1.82, 2.24) is 5.32 Å². The summed E-state index contributed by atoms with van der Waals surface area (Å²) in [4.78, 5) is 14.0. The maximum Gasteiger partial charge on any atom is 0.407 e. The van der Waals surface area contributed by atoms with Crippen molar-refractivity contribution in [1.29, 1.82) is 0 Å².